The highest BCUT2D eigenvalue weighted by molar-refractivity contribution is 5.81. The summed E-state index contributed by atoms with van der Waals surface area (Å²) in [5.41, 5.74) is 0. The third kappa shape index (κ3) is 4.19. The number of nitrogens with one attached hydrogen (secondary N) is 1. The van der Waals surface area contributed by atoms with Gasteiger partial charge in [0.15, 0.2) is 0 Å². The first kappa shape index (κ1) is 15.8. The summed E-state index contributed by atoms with van der Waals surface area (Å²) in [6, 6.07) is 0.615. The summed E-state index contributed by atoms with van der Waals surface area (Å²) in [4.78, 5) is 16.9. The van der Waals surface area contributed by atoms with Gasteiger partial charge in [0, 0.05) is 25.7 Å². The fourth-order valence-corrected chi connectivity index (χ4v) is 3.38. The molecule has 2 aliphatic heterocycles. The van der Waals surface area contributed by atoms with Crippen LogP contribution in [0.5, 0.6) is 0 Å². The number of piperidine rings is 1. The number of carbonyl (C=O) groups excluding carboxylic acids is 1. The maximum absolute atomic E-state index is 12.5. The van der Waals surface area contributed by atoms with Gasteiger partial charge in [-0.15, -0.1) is 0 Å². The van der Waals surface area contributed by atoms with E-state index in [-0.39, 0.29) is 6.04 Å². The highest BCUT2D eigenvalue weighted by Gasteiger charge is 2.30. The van der Waals surface area contributed by atoms with Crippen molar-refractivity contribution >= 4 is 5.91 Å². The smallest absolute Gasteiger partial charge is 0.239 e. The van der Waals surface area contributed by atoms with Crippen LogP contribution in [0.1, 0.15) is 46.5 Å². The summed E-state index contributed by atoms with van der Waals surface area (Å²) in [5, 5.41) is 3.54. The summed E-state index contributed by atoms with van der Waals surface area (Å²) < 4.78 is 0. The Bertz CT molecular complexity index is 313. The van der Waals surface area contributed by atoms with Crippen molar-refractivity contribution in [2.75, 3.05) is 32.7 Å². The van der Waals surface area contributed by atoms with Crippen molar-refractivity contribution < 1.29 is 4.79 Å². The molecule has 0 aromatic carbocycles. The Kier molecular flexibility index (Phi) is 5.85. The van der Waals surface area contributed by atoms with Gasteiger partial charge in [-0.1, -0.05) is 13.8 Å². The molecule has 116 valence electrons. The molecule has 0 radical (unpaired) electrons. The predicted octanol–water partition coefficient (Wildman–Crippen LogP) is 1.71. The zero-order valence-electron chi connectivity index (χ0n) is 13.4. The third-order valence-corrected chi connectivity index (χ3v) is 4.69. The average Bonchev–Trinajstić information content (AvgIpc) is 2.98. The first-order chi connectivity index (χ1) is 9.58. The lowest BCUT2D eigenvalue weighted by molar-refractivity contribution is -0.136. The summed E-state index contributed by atoms with van der Waals surface area (Å²) in [7, 11) is 0. The van der Waals surface area contributed by atoms with Gasteiger partial charge < -0.3 is 10.2 Å². The van der Waals surface area contributed by atoms with Crippen LogP contribution in [0.25, 0.3) is 0 Å². The Labute approximate surface area is 123 Å². The van der Waals surface area contributed by atoms with Crippen LogP contribution in [0, 0.1) is 5.92 Å². The molecular weight excluding hydrogens is 250 g/mol. The highest BCUT2D eigenvalue weighted by Crippen LogP contribution is 2.20. The van der Waals surface area contributed by atoms with Crippen LogP contribution < -0.4 is 5.32 Å². The van der Waals surface area contributed by atoms with Gasteiger partial charge in [0.2, 0.25) is 5.91 Å². The number of hydrogen-bond donors (Lipinski definition) is 1. The largest absolute Gasteiger partial charge is 0.341 e. The van der Waals surface area contributed by atoms with Crippen LogP contribution in [-0.4, -0.2) is 60.5 Å². The number of rotatable bonds is 5. The zero-order chi connectivity index (χ0) is 14.5. The molecule has 2 saturated heterocycles. The van der Waals surface area contributed by atoms with Crippen LogP contribution in [0.2, 0.25) is 0 Å². The number of nitrogens with zero attached hydrogens (tertiary/aromatic N) is 2. The number of amides is 1. The lowest BCUT2D eigenvalue weighted by atomic mass is 9.96. The molecule has 0 bridgehead atoms. The molecule has 0 spiro atoms. The fraction of sp³-hybridized carbons (Fsp3) is 0.938. The molecule has 2 heterocycles. The molecule has 2 rings (SSSR count). The maximum atomic E-state index is 12.5. The normalized spacial score (nSPS) is 26.2. The molecule has 1 amide bonds. The monoisotopic (exact) mass is 281 g/mol. The molecule has 0 aromatic rings. The van der Waals surface area contributed by atoms with Gasteiger partial charge in [0.05, 0.1) is 6.04 Å². The van der Waals surface area contributed by atoms with E-state index >= 15 is 0 Å². The summed E-state index contributed by atoms with van der Waals surface area (Å²) in [6.45, 7) is 11.7. The van der Waals surface area contributed by atoms with Crippen LogP contribution >= 0.6 is 0 Å². The molecule has 0 aromatic heterocycles. The van der Waals surface area contributed by atoms with E-state index in [0.29, 0.717) is 17.9 Å². The van der Waals surface area contributed by atoms with E-state index in [4.69, 9.17) is 0 Å². The van der Waals surface area contributed by atoms with Crippen molar-refractivity contribution in [3.8, 4) is 0 Å². The van der Waals surface area contributed by atoms with E-state index < -0.39 is 0 Å². The van der Waals surface area contributed by atoms with Crippen LogP contribution in [-0.2, 0) is 4.79 Å². The average molecular weight is 281 g/mol. The standard InChI is InChI=1S/C16H31N3O/c1-13(2)17-11-15-7-6-10-19(12-15)14(3)16(20)18-8-4-5-9-18/h13-15,17H,4-12H2,1-3H3. The van der Waals surface area contributed by atoms with E-state index in [2.05, 4.69) is 35.9 Å². The Morgan fingerprint density at radius 3 is 2.50 bits per heavy atom. The SMILES string of the molecule is CC(C)NCC1CCCN(C(C)C(=O)N2CCCC2)C1. The van der Waals surface area contributed by atoms with Crippen LogP contribution in [0.3, 0.4) is 0 Å². The van der Waals surface area contributed by atoms with Crippen molar-refractivity contribution in [3.63, 3.8) is 0 Å². The number of carbonyl (C=O) groups is 1. The molecule has 4 heteroatoms. The Morgan fingerprint density at radius 1 is 1.15 bits per heavy atom. The van der Waals surface area contributed by atoms with Gasteiger partial charge in [0.1, 0.15) is 0 Å². The molecule has 2 aliphatic rings. The Balaban J connectivity index is 1.82. The Hall–Kier alpha value is -0.610. The summed E-state index contributed by atoms with van der Waals surface area (Å²) in [6.07, 6.45) is 4.88. The van der Waals surface area contributed by atoms with E-state index in [1.54, 1.807) is 0 Å². The number of likely N-dealkylation sites (tertiary alicyclic amines) is 2. The topological polar surface area (TPSA) is 35.6 Å². The van der Waals surface area contributed by atoms with E-state index in [1.807, 2.05) is 0 Å². The molecule has 1 N–H and O–H groups in total. The summed E-state index contributed by atoms with van der Waals surface area (Å²) in [5.74, 6) is 1.04. The maximum Gasteiger partial charge on any atom is 0.239 e. The van der Waals surface area contributed by atoms with Gasteiger partial charge in [0.25, 0.3) is 0 Å². The Morgan fingerprint density at radius 2 is 1.85 bits per heavy atom. The minimum absolute atomic E-state index is 0.0648. The van der Waals surface area contributed by atoms with E-state index in [9.17, 15) is 4.79 Å². The molecule has 0 saturated carbocycles. The van der Waals surface area contributed by atoms with E-state index in [1.165, 1.54) is 25.7 Å². The van der Waals surface area contributed by atoms with Crippen molar-refractivity contribution in [3.05, 3.63) is 0 Å². The lowest BCUT2D eigenvalue weighted by Crippen LogP contribution is -2.51. The minimum atomic E-state index is 0.0648. The van der Waals surface area contributed by atoms with Crippen LogP contribution in [0.4, 0.5) is 0 Å². The van der Waals surface area contributed by atoms with Gasteiger partial charge in [-0.3, -0.25) is 9.69 Å². The van der Waals surface area contributed by atoms with Crippen molar-refractivity contribution in [1.82, 2.24) is 15.1 Å². The fourth-order valence-electron chi connectivity index (χ4n) is 3.38. The van der Waals surface area contributed by atoms with Crippen molar-refractivity contribution in [1.29, 1.82) is 0 Å². The second-order valence-corrected chi connectivity index (χ2v) is 6.77. The first-order valence-corrected chi connectivity index (χ1v) is 8.34. The predicted molar refractivity (Wildman–Crippen MR) is 82.7 cm³/mol. The molecule has 4 nitrogen and oxygen atoms in total. The zero-order valence-corrected chi connectivity index (χ0v) is 13.4. The molecular formula is C16H31N3O. The molecule has 2 fully saturated rings. The quantitative estimate of drug-likeness (QED) is 0.833. The van der Waals surface area contributed by atoms with Crippen LogP contribution in [0.15, 0.2) is 0 Å². The minimum Gasteiger partial charge on any atom is -0.341 e. The highest BCUT2D eigenvalue weighted by atomic mass is 16.2. The second-order valence-electron chi connectivity index (χ2n) is 6.77. The van der Waals surface area contributed by atoms with Gasteiger partial charge in [-0.25, -0.2) is 0 Å². The molecule has 2 atom stereocenters. The third-order valence-electron chi connectivity index (χ3n) is 4.69. The second kappa shape index (κ2) is 7.41. The van der Waals surface area contributed by atoms with Crippen molar-refractivity contribution in [2.24, 2.45) is 5.92 Å². The van der Waals surface area contributed by atoms with E-state index in [0.717, 1.165) is 32.7 Å². The molecule has 20 heavy (non-hydrogen) atoms. The number of hydrogen-bond acceptors (Lipinski definition) is 3. The summed E-state index contributed by atoms with van der Waals surface area (Å²) >= 11 is 0. The van der Waals surface area contributed by atoms with Crippen molar-refractivity contribution in [2.45, 2.75) is 58.5 Å². The van der Waals surface area contributed by atoms with Gasteiger partial charge in [-0.2, -0.15) is 0 Å². The van der Waals surface area contributed by atoms with Gasteiger partial charge >= 0.3 is 0 Å². The first-order valence-electron chi connectivity index (χ1n) is 8.34. The lowest BCUT2D eigenvalue weighted by Gasteiger charge is -2.37. The van der Waals surface area contributed by atoms with Gasteiger partial charge in [-0.05, 0) is 51.6 Å². The molecule has 0 aliphatic carbocycles. The molecule has 2 unspecified atom stereocenters.